The number of amides is 2. The Balaban J connectivity index is 2.11. The van der Waals surface area contributed by atoms with E-state index in [2.05, 4.69) is 4.98 Å². The molecule has 5 N–H and O–H groups in total. The summed E-state index contributed by atoms with van der Waals surface area (Å²) in [4.78, 5) is 37.4. The summed E-state index contributed by atoms with van der Waals surface area (Å²) in [5.74, 6) is -1.08. The number of aromatic amines is 1. The van der Waals surface area contributed by atoms with Crippen molar-refractivity contribution in [1.82, 2.24) is 9.88 Å². The zero-order chi connectivity index (χ0) is 12.6. The maximum atomic E-state index is 11.6. The minimum atomic E-state index is -0.685. The van der Waals surface area contributed by atoms with Crippen molar-refractivity contribution in [3.8, 4) is 0 Å². The third-order valence-corrected chi connectivity index (χ3v) is 2.67. The highest BCUT2D eigenvalue weighted by Crippen LogP contribution is 2.18. The number of aromatic nitrogens is 1. The molecule has 2 rings (SSSR count). The van der Waals surface area contributed by atoms with Crippen LogP contribution in [0.3, 0.4) is 0 Å². The molecule has 0 aliphatic carbocycles. The van der Waals surface area contributed by atoms with Crippen molar-refractivity contribution < 1.29 is 9.59 Å². The first kappa shape index (κ1) is 11.3. The Labute approximate surface area is 96.4 Å². The van der Waals surface area contributed by atoms with Crippen LogP contribution in [-0.4, -0.2) is 34.3 Å². The van der Waals surface area contributed by atoms with Gasteiger partial charge >= 0.3 is 0 Å². The number of nitrogens with zero attached hydrogens (tertiary/aromatic N) is 1. The van der Waals surface area contributed by atoms with Crippen molar-refractivity contribution >= 4 is 11.8 Å². The molecule has 0 bridgehead atoms. The quantitative estimate of drug-likeness (QED) is 0.531. The molecule has 1 aromatic rings. The van der Waals surface area contributed by atoms with Crippen LogP contribution >= 0.6 is 0 Å². The standard InChI is InChI=1S/C10H12N4O3/c11-8(15)6-2-1-5(10(17)13-6)3-14-4-7(14)9(12)16/h1-2,7H,3-4H2,(H2,11,15)(H2,12,16)(H,13,17). The van der Waals surface area contributed by atoms with Gasteiger partial charge in [-0.2, -0.15) is 0 Å². The van der Waals surface area contributed by atoms with Gasteiger partial charge in [-0.3, -0.25) is 19.3 Å². The number of carbonyl (C=O) groups is 2. The SMILES string of the molecule is NC(=O)c1ccc(CN2CC2C(N)=O)c(=O)[nH]1. The Morgan fingerprint density at radius 2 is 2.12 bits per heavy atom. The molecule has 1 saturated heterocycles. The van der Waals surface area contributed by atoms with Crippen LogP contribution in [0.5, 0.6) is 0 Å². The highest BCUT2D eigenvalue weighted by molar-refractivity contribution is 5.90. The monoisotopic (exact) mass is 236 g/mol. The minimum Gasteiger partial charge on any atom is -0.368 e. The Morgan fingerprint density at radius 1 is 1.41 bits per heavy atom. The lowest BCUT2D eigenvalue weighted by molar-refractivity contribution is -0.118. The molecule has 2 amide bonds. The second-order valence-electron chi connectivity index (χ2n) is 3.94. The number of hydrogen-bond acceptors (Lipinski definition) is 4. The largest absolute Gasteiger partial charge is 0.368 e. The molecule has 1 fully saturated rings. The number of nitrogens with two attached hydrogens (primary N) is 2. The third kappa shape index (κ3) is 2.34. The van der Waals surface area contributed by atoms with Crippen LogP contribution in [-0.2, 0) is 11.3 Å². The number of nitrogens with one attached hydrogen (secondary N) is 1. The van der Waals surface area contributed by atoms with Gasteiger partial charge in [0, 0.05) is 18.7 Å². The molecule has 2 atom stereocenters. The molecule has 17 heavy (non-hydrogen) atoms. The maximum Gasteiger partial charge on any atom is 0.265 e. The van der Waals surface area contributed by atoms with E-state index in [1.54, 1.807) is 4.90 Å². The summed E-state index contributed by atoms with van der Waals surface area (Å²) in [6.07, 6.45) is 0. The number of carbonyl (C=O) groups excluding carboxylic acids is 2. The topological polar surface area (TPSA) is 122 Å². The smallest absolute Gasteiger partial charge is 0.265 e. The van der Waals surface area contributed by atoms with E-state index in [4.69, 9.17) is 11.5 Å². The fraction of sp³-hybridized carbons (Fsp3) is 0.300. The average molecular weight is 236 g/mol. The average Bonchev–Trinajstić information content (AvgIpc) is 3.00. The Hall–Kier alpha value is -2.15. The van der Waals surface area contributed by atoms with Crippen LogP contribution in [0, 0.1) is 0 Å². The number of hydrogen-bond donors (Lipinski definition) is 3. The maximum absolute atomic E-state index is 11.6. The van der Waals surface area contributed by atoms with Crippen molar-refractivity contribution in [3.63, 3.8) is 0 Å². The molecule has 1 aromatic heterocycles. The lowest BCUT2D eigenvalue weighted by atomic mass is 10.2. The van der Waals surface area contributed by atoms with Crippen molar-refractivity contribution in [3.05, 3.63) is 33.7 Å². The predicted molar refractivity (Wildman–Crippen MR) is 59.0 cm³/mol. The van der Waals surface area contributed by atoms with Crippen LogP contribution in [0.15, 0.2) is 16.9 Å². The molecule has 0 radical (unpaired) electrons. The summed E-state index contributed by atoms with van der Waals surface area (Å²) in [6.45, 7) is 0.897. The van der Waals surface area contributed by atoms with E-state index in [-0.39, 0.29) is 17.3 Å². The van der Waals surface area contributed by atoms with Gasteiger partial charge in [-0.15, -0.1) is 0 Å². The van der Waals surface area contributed by atoms with Gasteiger partial charge < -0.3 is 16.5 Å². The van der Waals surface area contributed by atoms with Gasteiger partial charge in [-0.25, -0.2) is 0 Å². The zero-order valence-electron chi connectivity index (χ0n) is 8.97. The Bertz CT molecular complexity index is 537. The summed E-state index contributed by atoms with van der Waals surface area (Å²) in [7, 11) is 0. The molecular weight excluding hydrogens is 224 g/mol. The number of pyridine rings is 1. The summed E-state index contributed by atoms with van der Waals surface area (Å²) < 4.78 is 0. The molecule has 7 heteroatoms. The van der Waals surface area contributed by atoms with Crippen molar-refractivity contribution in [2.75, 3.05) is 6.54 Å². The first-order valence-electron chi connectivity index (χ1n) is 5.04. The molecule has 2 unspecified atom stereocenters. The first-order valence-corrected chi connectivity index (χ1v) is 5.04. The lowest BCUT2D eigenvalue weighted by Gasteiger charge is -2.02. The van der Waals surface area contributed by atoms with Crippen LogP contribution in [0.25, 0.3) is 0 Å². The number of primary amides is 2. The number of rotatable bonds is 4. The van der Waals surface area contributed by atoms with Gasteiger partial charge in [0.25, 0.3) is 11.5 Å². The molecule has 0 saturated carbocycles. The summed E-state index contributed by atoms with van der Waals surface area (Å²) in [5.41, 5.74) is 10.3. The van der Waals surface area contributed by atoms with Crippen LogP contribution in [0.1, 0.15) is 16.1 Å². The second kappa shape index (κ2) is 4.02. The molecule has 0 spiro atoms. The van der Waals surface area contributed by atoms with E-state index in [0.29, 0.717) is 18.7 Å². The predicted octanol–water partition coefficient (Wildman–Crippen LogP) is -1.86. The second-order valence-corrected chi connectivity index (χ2v) is 3.94. The van der Waals surface area contributed by atoms with E-state index in [1.165, 1.54) is 12.1 Å². The molecule has 90 valence electrons. The molecule has 0 aromatic carbocycles. The third-order valence-electron chi connectivity index (χ3n) is 2.67. The van der Waals surface area contributed by atoms with Gasteiger partial charge in [-0.05, 0) is 12.1 Å². The van der Waals surface area contributed by atoms with Crippen molar-refractivity contribution in [1.29, 1.82) is 0 Å². The van der Waals surface area contributed by atoms with Crippen LogP contribution in [0.4, 0.5) is 0 Å². The van der Waals surface area contributed by atoms with Gasteiger partial charge in [0.05, 0.1) is 0 Å². The van der Waals surface area contributed by atoms with E-state index >= 15 is 0 Å². The summed E-state index contributed by atoms with van der Waals surface area (Å²) in [6, 6.07) is 2.68. The van der Waals surface area contributed by atoms with E-state index < -0.39 is 11.8 Å². The van der Waals surface area contributed by atoms with E-state index in [9.17, 15) is 14.4 Å². The molecule has 2 heterocycles. The Morgan fingerprint density at radius 3 is 2.59 bits per heavy atom. The fourth-order valence-electron chi connectivity index (χ4n) is 1.61. The fourth-order valence-corrected chi connectivity index (χ4v) is 1.61. The number of H-pyrrole nitrogens is 1. The van der Waals surface area contributed by atoms with Gasteiger partial charge in [0.2, 0.25) is 5.91 Å². The van der Waals surface area contributed by atoms with E-state index in [1.807, 2.05) is 0 Å². The molecule has 7 nitrogen and oxygen atoms in total. The highest BCUT2D eigenvalue weighted by Gasteiger charge is 2.38. The first-order chi connectivity index (χ1) is 7.99. The van der Waals surface area contributed by atoms with Gasteiger partial charge in [0.15, 0.2) is 0 Å². The summed E-state index contributed by atoms with van der Waals surface area (Å²) >= 11 is 0. The van der Waals surface area contributed by atoms with Gasteiger partial charge in [-0.1, -0.05) is 0 Å². The highest BCUT2D eigenvalue weighted by atomic mass is 16.2. The Kier molecular flexibility index (Phi) is 2.68. The summed E-state index contributed by atoms with van der Waals surface area (Å²) in [5, 5.41) is 0. The van der Waals surface area contributed by atoms with Crippen molar-refractivity contribution in [2.45, 2.75) is 12.6 Å². The molecular formula is C10H12N4O3. The van der Waals surface area contributed by atoms with Gasteiger partial charge in [0.1, 0.15) is 11.7 Å². The van der Waals surface area contributed by atoms with Crippen LogP contribution < -0.4 is 17.0 Å². The van der Waals surface area contributed by atoms with Crippen molar-refractivity contribution in [2.24, 2.45) is 11.5 Å². The molecule has 1 aliphatic heterocycles. The molecule has 1 aliphatic rings. The lowest BCUT2D eigenvalue weighted by Crippen LogP contribution is -2.25. The zero-order valence-corrected chi connectivity index (χ0v) is 8.97. The van der Waals surface area contributed by atoms with Crippen LogP contribution in [0.2, 0.25) is 0 Å². The minimum absolute atomic E-state index is 0.0657. The normalized spacial score (nSPS) is 22.1. The van der Waals surface area contributed by atoms with E-state index in [0.717, 1.165) is 0 Å².